The van der Waals surface area contributed by atoms with E-state index in [2.05, 4.69) is 15.1 Å². The number of piperidine rings is 1. The molecule has 6 rings (SSSR count). The highest BCUT2D eigenvalue weighted by Gasteiger charge is 2.51. The molecule has 1 aliphatic carbocycles. The van der Waals surface area contributed by atoms with Crippen LogP contribution in [0.15, 0.2) is 29.0 Å². The molecule has 0 radical (unpaired) electrons. The Balaban J connectivity index is 1.03. The predicted molar refractivity (Wildman–Crippen MR) is 122 cm³/mol. The van der Waals surface area contributed by atoms with Gasteiger partial charge >= 0.3 is 6.01 Å². The average Bonchev–Trinajstić information content (AvgIpc) is 3.30. The predicted octanol–water partition coefficient (Wildman–Crippen LogP) is 3.59. The maximum absolute atomic E-state index is 14.2. The molecule has 4 fully saturated rings. The maximum atomic E-state index is 14.2. The molecule has 34 heavy (non-hydrogen) atoms. The maximum Gasteiger partial charge on any atom is 0.319 e. The molecule has 1 atom stereocenters. The third-order valence-electron chi connectivity index (χ3n) is 8.03. The Kier molecular flexibility index (Phi) is 6.17. The quantitative estimate of drug-likeness (QED) is 0.654. The number of aromatic nitrogens is 2. The highest BCUT2D eigenvalue weighted by atomic mass is 19.1. The first kappa shape index (κ1) is 22.2. The van der Waals surface area contributed by atoms with Gasteiger partial charge < -0.3 is 23.5 Å². The van der Waals surface area contributed by atoms with Gasteiger partial charge in [-0.2, -0.15) is 0 Å². The Labute approximate surface area is 199 Å². The highest BCUT2D eigenvalue weighted by molar-refractivity contribution is 5.38. The van der Waals surface area contributed by atoms with Crippen molar-refractivity contribution >= 4 is 6.01 Å². The van der Waals surface area contributed by atoms with Crippen molar-refractivity contribution in [2.75, 3.05) is 51.1 Å². The van der Waals surface area contributed by atoms with Gasteiger partial charge in [-0.3, -0.25) is 4.90 Å². The first-order chi connectivity index (χ1) is 16.7. The Morgan fingerprint density at radius 1 is 1.06 bits per heavy atom. The van der Waals surface area contributed by atoms with Crippen molar-refractivity contribution in [2.24, 2.45) is 5.41 Å². The second-order valence-corrected chi connectivity index (χ2v) is 10.4. The minimum Gasteiger partial charge on any atom is -0.490 e. The monoisotopic (exact) mass is 472 g/mol. The van der Waals surface area contributed by atoms with Gasteiger partial charge in [0.05, 0.1) is 19.8 Å². The number of halogens is 1. The number of nitrogens with zero attached hydrogens (tertiary/aromatic N) is 4. The van der Waals surface area contributed by atoms with Crippen LogP contribution in [-0.4, -0.2) is 73.4 Å². The second kappa shape index (κ2) is 9.43. The van der Waals surface area contributed by atoms with Crippen molar-refractivity contribution in [3.8, 4) is 5.75 Å². The molecule has 0 bridgehead atoms. The smallest absolute Gasteiger partial charge is 0.319 e. The Hall–Kier alpha value is -2.23. The summed E-state index contributed by atoms with van der Waals surface area (Å²) in [6.07, 6.45) is 7.80. The van der Waals surface area contributed by atoms with E-state index in [-0.39, 0.29) is 11.9 Å². The fourth-order valence-corrected chi connectivity index (χ4v) is 6.03. The van der Waals surface area contributed by atoms with Gasteiger partial charge in [-0.15, -0.1) is 5.10 Å². The van der Waals surface area contributed by atoms with Crippen molar-refractivity contribution < 1.29 is 23.0 Å². The van der Waals surface area contributed by atoms with E-state index >= 15 is 0 Å². The van der Waals surface area contributed by atoms with Crippen LogP contribution in [-0.2, 0) is 9.47 Å². The lowest BCUT2D eigenvalue weighted by Gasteiger charge is -2.52. The van der Waals surface area contributed by atoms with Gasteiger partial charge in [-0.25, -0.2) is 4.39 Å². The normalized spacial score (nSPS) is 26.5. The van der Waals surface area contributed by atoms with E-state index in [1.54, 1.807) is 6.07 Å². The van der Waals surface area contributed by atoms with Crippen LogP contribution in [0.4, 0.5) is 10.4 Å². The summed E-state index contributed by atoms with van der Waals surface area (Å²) in [5, 5.41) is 7.75. The Morgan fingerprint density at radius 3 is 2.65 bits per heavy atom. The number of ether oxygens (including phenoxy) is 3. The molecule has 4 heterocycles. The Bertz CT molecular complexity index is 944. The summed E-state index contributed by atoms with van der Waals surface area (Å²) in [7, 11) is 0. The van der Waals surface area contributed by atoms with Crippen LogP contribution in [0.1, 0.15) is 50.0 Å². The summed E-state index contributed by atoms with van der Waals surface area (Å²) in [4.78, 5) is 4.54. The number of hydrogen-bond donors (Lipinski definition) is 0. The number of hydrogen-bond acceptors (Lipinski definition) is 8. The van der Waals surface area contributed by atoms with E-state index in [0.29, 0.717) is 36.7 Å². The molecule has 8 nitrogen and oxygen atoms in total. The van der Waals surface area contributed by atoms with Crippen molar-refractivity contribution in [3.05, 3.63) is 36.0 Å². The molecule has 2 aromatic rings. The third kappa shape index (κ3) is 4.53. The lowest BCUT2D eigenvalue weighted by molar-refractivity contribution is -0.191. The highest BCUT2D eigenvalue weighted by Crippen LogP contribution is 2.49. The minimum atomic E-state index is -0.179. The zero-order valence-electron chi connectivity index (χ0n) is 19.5. The Morgan fingerprint density at radius 2 is 1.91 bits per heavy atom. The van der Waals surface area contributed by atoms with Gasteiger partial charge in [0, 0.05) is 23.6 Å². The summed E-state index contributed by atoms with van der Waals surface area (Å²) in [5.74, 6) is 1.02. The van der Waals surface area contributed by atoms with Crippen molar-refractivity contribution in [3.63, 3.8) is 0 Å². The van der Waals surface area contributed by atoms with E-state index in [0.717, 1.165) is 82.7 Å². The fraction of sp³-hybridized carbons (Fsp3) is 0.680. The second-order valence-electron chi connectivity index (χ2n) is 10.4. The zero-order valence-corrected chi connectivity index (χ0v) is 19.5. The molecular formula is C25H33FN4O4. The lowest BCUT2D eigenvalue weighted by Crippen LogP contribution is -2.56. The van der Waals surface area contributed by atoms with E-state index in [1.165, 1.54) is 12.5 Å². The molecule has 1 saturated carbocycles. The van der Waals surface area contributed by atoms with Gasteiger partial charge in [0.15, 0.2) is 0 Å². The van der Waals surface area contributed by atoms with E-state index in [1.807, 2.05) is 11.0 Å². The molecule has 0 unspecified atom stereocenters. The standard InChI is InChI=1S/C25H33FN4O4/c26-19-3-4-23(34-21-11-25(12-21)14-32-15-25)22(10-19)18-5-8-29(9-6-18)20-2-1-7-30(17-31-13-20)24-28-27-16-33-24/h3-4,10,16,18,20-21H,1-2,5-9,11-15,17H2/t20-/m0/s1. The average molecular weight is 473 g/mol. The molecule has 4 aliphatic rings. The van der Waals surface area contributed by atoms with Crippen LogP contribution in [0, 0.1) is 11.2 Å². The topological polar surface area (TPSA) is 73.1 Å². The van der Waals surface area contributed by atoms with Crippen molar-refractivity contribution in [2.45, 2.75) is 56.6 Å². The van der Waals surface area contributed by atoms with E-state index in [4.69, 9.17) is 18.6 Å². The molecule has 1 aromatic heterocycles. The first-order valence-corrected chi connectivity index (χ1v) is 12.5. The first-order valence-electron chi connectivity index (χ1n) is 12.5. The molecular weight excluding hydrogens is 439 g/mol. The molecule has 0 N–H and O–H groups in total. The molecule has 184 valence electrons. The number of rotatable bonds is 5. The summed E-state index contributed by atoms with van der Waals surface area (Å²) in [6, 6.07) is 5.98. The molecule has 0 amide bonds. The number of anilines is 1. The number of benzene rings is 1. The molecule has 3 aliphatic heterocycles. The van der Waals surface area contributed by atoms with Gasteiger partial charge in [0.25, 0.3) is 0 Å². The molecule has 1 spiro atoms. The minimum absolute atomic E-state index is 0.179. The van der Waals surface area contributed by atoms with Crippen LogP contribution >= 0.6 is 0 Å². The van der Waals surface area contributed by atoms with Crippen LogP contribution in [0.25, 0.3) is 0 Å². The van der Waals surface area contributed by atoms with Gasteiger partial charge in [-0.05, 0) is 75.7 Å². The van der Waals surface area contributed by atoms with Crippen LogP contribution in [0.2, 0.25) is 0 Å². The summed E-state index contributed by atoms with van der Waals surface area (Å²) in [6.45, 7) is 5.71. The molecule has 3 saturated heterocycles. The zero-order chi connectivity index (χ0) is 23.0. The summed E-state index contributed by atoms with van der Waals surface area (Å²) in [5.41, 5.74) is 1.40. The van der Waals surface area contributed by atoms with Crippen LogP contribution in [0.5, 0.6) is 5.75 Å². The number of likely N-dealkylation sites (tertiary alicyclic amines) is 1. The third-order valence-corrected chi connectivity index (χ3v) is 8.03. The van der Waals surface area contributed by atoms with Gasteiger partial charge in [-0.1, -0.05) is 5.10 Å². The van der Waals surface area contributed by atoms with Crippen molar-refractivity contribution in [1.82, 2.24) is 15.1 Å². The largest absolute Gasteiger partial charge is 0.490 e. The van der Waals surface area contributed by atoms with E-state index in [9.17, 15) is 4.39 Å². The SMILES string of the molecule is Fc1ccc(OC2CC3(COC3)C2)c(C2CCN([C@H]3CCCN(c4nnco4)COC3)CC2)c1. The van der Waals surface area contributed by atoms with Crippen LogP contribution < -0.4 is 9.64 Å². The van der Waals surface area contributed by atoms with Crippen LogP contribution in [0.3, 0.4) is 0 Å². The van der Waals surface area contributed by atoms with Gasteiger partial charge in [0.1, 0.15) is 24.4 Å². The van der Waals surface area contributed by atoms with Crippen molar-refractivity contribution in [1.29, 1.82) is 0 Å². The molecule has 1 aromatic carbocycles. The molecule has 9 heteroatoms. The lowest BCUT2D eigenvalue weighted by atomic mass is 9.65. The van der Waals surface area contributed by atoms with Gasteiger partial charge in [0.2, 0.25) is 6.39 Å². The summed E-state index contributed by atoms with van der Waals surface area (Å²) < 4.78 is 37.2. The fourth-order valence-electron chi connectivity index (χ4n) is 6.03. The van der Waals surface area contributed by atoms with E-state index < -0.39 is 0 Å². The summed E-state index contributed by atoms with van der Waals surface area (Å²) >= 11 is 0.